The summed E-state index contributed by atoms with van der Waals surface area (Å²) in [4.78, 5) is 29.0. The molecule has 3 aromatic carbocycles. The number of fused-ring (bicyclic) bond motifs is 2. The molecule has 5 rings (SSSR count). The lowest BCUT2D eigenvalue weighted by atomic mass is 10.0. The van der Waals surface area contributed by atoms with E-state index in [2.05, 4.69) is 16.4 Å². The van der Waals surface area contributed by atoms with E-state index < -0.39 is 6.10 Å². The maximum Gasteiger partial charge on any atom is 0.339 e. The lowest BCUT2D eigenvalue weighted by Crippen LogP contribution is -2.15. The summed E-state index contributed by atoms with van der Waals surface area (Å²) in [6, 6.07) is 23.1. The number of para-hydroxylation sites is 1. The van der Waals surface area contributed by atoms with E-state index in [1.54, 1.807) is 23.5 Å². The summed E-state index contributed by atoms with van der Waals surface area (Å²) in [5, 5.41) is 3.95. The first-order chi connectivity index (χ1) is 14.7. The highest BCUT2D eigenvalue weighted by Crippen LogP contribution is 2.33. The third kappa shape index (κ3) is 3.69. The SMILES string of the molecule is O=C(C[C@@H]1OC(=O)c2ccccc21)Nc1ccc(Cc2nc3ccccc3s2)cc1. The van der Waals surface area contributed by atoms with E-state index >= 15 is 0 Å². The fourth-order valence-corrected chi connectivity index (χ4v) is 4.63. The van der Waals surface area contributed by atoms with Gasteiger partial charge < -0.3 is 10.1 Å². The number of esters is 1. The number of cyclic esters (lactones) is 1. The van der Waals surface area contributed by atoms with Crippen molar-refractivity contribution in [1.82, 2.24) is 4.98 Å². The standard InChI is InChI=1S/C24H18N2O3S/c27-22(14-20-17-5-1-2-6-18(17)24(28)29-20)25-16-11-9-15(10-12-16)13-23-26-19-7-3-4-8-21(19)30-23/h1-12,20H,13-14H2,(H,25,27)/t20-/m0/s1. The Kier molecular flexibility index (Phi) is 4.77. The number of thiazole rings is 1. The highest BCUT2D eigenvalue weighted by molar-refractivity contribution is 7.18. The minimum atomic E-state index is -0.535. The summed E-state index contributed by atoms with van der Waals surface area (Å²) in [5.74, 6) is -0.564. The second kappa shape index (κ2) is 7.72. The quantitative estimate of drug-likeness (QED) is 0.460. The molecule has 1 atom stereocenters. The Hall–Kier alpha value is -3.51. The van der Waals surface area contributed by atoms with Crippen molar-refractivity contribution >= 4 is 39.1 Å². The van der Waals surface area contributed by atoms with E-state index in [0.29, 0.717) is 11.3 Å². The van der Waals surface area contributed by atoms with Gasteiger partial charge in [-0.05, 0) is 35.9 Å². The first kappa shape index (κ1) is 18.5. The maximum atomic E-state index is 12.4. The van der Waals surface area contributed by atoms with Crippen molar-refractivity contribution in [1.29, 1.82) is 0 Å². The number of rotatable bonds is 5. The minimum absolute atomic E-state index is 0.0935. The Morgan fingerprint density at radius 3 is 2.60 bits per heavy atom. The van der Waals surface area contributed by atoms with Gasteiger partial charge in [-0.25, -0.2) is 9.78 Å². The largest absolute Gasteiger partial charge is 0.453 e. The molecule has 0 unspecified atom stereocenters. The number of aromatic nitrogens is 1. The second-order valence-corrected chi connectivity index (χ2v) is 8.30. The molecule has 0 saturated heterocycles. The van der Waals surface area contributed by atoms with Crippen molar-refractivity contribution in [2.75, 3.05) is 5.32 Å². The number of anilines is 1. The van der Waals surface area contributed by atoms with Crippen LogP contribution in [0.2, 0.25) is 0 Å². The van der Waals surface area contributed by atoms with Gasteiger partial charge in [-0.1, -0.05) is 42.5 Å². The van der Waals surface area contributed by atoms with Gasteiger partial charge in [0.15, 0.2) is 0 Å². The van der Waals surface area contributed by atoms with E-state index in [1.165, 1.54) is 4.70 Å². The highest BCUT2D eigenvalue weighted by atomic mass is 32.1. The molecule has 6 heteroatoms. The van der Waals surface area contributed by atoms with Crippen LogP contribution in [0.3, 0.4) is 0 Å². The molecule has 1 amide bonds. The van der Waals surface area contributed by atoms with Crippen molar-refractivity contribution in [2.45, 2.75) is 18.9 Å². The van der Waals surface area contributed by atoms with Gasteiger partial charge in [-0.2, -0.15) is 0 Å². The number of nitrogens with one attached hydrogen (secondary N) is 1. The third-order valence-electron chi connectivity index (χ3n) is 5.08. The minimum Gasteiger partial charge on any atom is -0.453 e. The topological polar surface area (TPSA) is 68.3 Å². The molecule has 1 aliphatic heterocycles. The van der Waals surface area contributed by atoms with Crippen molar-refractivity contribution in [3.05, 3.63) is 94.5 Å². The van der Waals surface area contributed by atoms with Gasteiger partial charge in [0.25, 0.3) is 0 Å². The molecule has 1 N–H and O–H groups in total. The molecule has 1 aliphatic rings. The number of carbonyl (C=O) groups is 2. The van der Waals surface area contributed by atoms with E-state index in [-0.39, 0.29) is 18.3 Å². The number of ether oxygens (including phenoxy) is 1. The molecule has 0 saturated carbocycles. The van der Waals surface area contributed by atoms with Gasteiger partial charge >= 0.3 is 5.97 Å². The summed E-state index contributed by atoms with van der Waals surface area (Å²) in [6.07, 6.45) is 0.311. The monoisotopic (exact) mass is 414 g/mol. The van der Waals surface area contributed by atoms with Crippen LogP contribution in [0.25, 0.3) is 10.2 Å². The van der Waals surface area contributed by atoms with Gasteiger partial charge in [0.2, 0.25) is 5.91 Å². The fourth-order valence-electron chi connectivity index (χ4n) is 3.63. The molecule has 0 radical (unpaired) electrons. The Morgan fingerprint density at radius 2 is 1.77 bits per heavy atom. The number of nitrogens with zero attached hydrogens (tertiary/aromatic N) is 1. The zero-order chi connectivity index (χ0) is 20.5. The van der Waals surface area contributed by atoms with Crippen molar-refractivity contribution in [3.8, 4) is 0 Å². The molecule has 0 bridgehead atoms. The Labute approximate surface area is 177 Å². The molecule has 0 spiro atoms. The first-order valence-electron chi connectivity index (χ1n) is 9.69. The summed E-state index contributed by atoms with van der Waals surface area (Å²) in [5.41, 5.74) is 4.17. The molecule has 1 aromatic heterocycles. The summed E-state index contributed by atoms with van der Waals surface area (Å²) >= 11 is 1.70. The maximum absolute atomic E-state index is 12.4. The van der Waals surface area contributed by atoms with Crippen LogP contribution in [-0.4, -0.2) is 16.9 Å². The molecular formula is C24H18N2O3S. The number of hydrogen-bond acceptors (Lipinski definition) is 5. The number of carbonyl (C=O) groups excluding carboxylic acids is 2. The summed E-state index contributed by atoms with van der Waals surface area (Å²) in [6.45, 7) is 0. The van der Waals surface area contributed by atoms with E-state index in [4.69, 9.17) is 4.74 Å². The van der Waals surface area contributed by atoms with Crippen LogP contribution in [0.1, 0.15) is 39.0 Å². The van der Waals surface area contributed by atoms with Crippen LogP contribution < -0.4 is 5.32 Å². The van der Waals surface area contributed by atoms with Crippen molar-refractivity contribution < 1.29 is 14.3 Å². The molecule has 148 valence electrons. The molecule has 4 aromatic rings. The van der Waals surface area contributed by atoms with Gasteiger partial charge in [-0.3, -0.25) is 4.79 Å². The van der Waals surface area contributed by atoms with Crippen molar-refractivity contribution in [2.24, 2.45) is 0 Å². The van der Waals surface area contributed by atoms with E-state index in [9.17, 15) is 9.59 Å². The van der Waals surface area contributed by atoms with E-state index in [0.717, 1.165) is 28.1 Å². The van der Waals surface area contributed by atoms with E-state index in [1.807, 2.05) is 54.6 Å². The number of amides is 1. The number of hydrogen-bond donors (Lipinski definition) is 1. The van der Waals surface area contributed by atoms with Gasteiger partial charge in [0.05, 0.1) is 27.2 Å². The van der Waals surface area contributed by atoms with Crippen LogP contribution in [0.4, 0.5) is 5.69 Å². The Balaban J connectivity index is 1.22. The summed E-state index contributed by atoms with van der Waals surface area (Å²) < 4.78 is 6.53. The molecule has 0 aliphatic carbocycles. The molecule has 0 fully saturated rings. The summed E-state index contributed by atoms with van der Waals surface area (Å²) in [7, 11) is 0. The van der Waals surface area contributed by atoms with Crippen LogP contribution in [-0.2, 0) is 16.0 Å². The Morgan fingerprint density at radius 1 is 1.00 bits per heavy atom. The molecule has 5 nitrogen and oxygen atoms in total. The molecular weight excluding hydrogens is 396 g/mol. The third-order valence-corrected chi connectivity index (χ3v) is 6.12. The highest BCUT2D eigenvalue weighted by Gasteiger charge is 2.32. The normalized spacial score (nSPS) is 15.1. The fraction of sp³-hybridized carbons (Fsp3) is 0.125. The predicted molar refractivity (Wildman–Crippen MR) is 117 cm³/mol. The van der Waals surface area contributed by atoms with Gasteiger partial charge in [-0.15, -0.1) is 11.3 Å². The predicted octanol–water partition coefficient (Wildman–Crippen LogP) is 5.13. The van der Waals surface area contributed by atoms with Crippen LogP contribution >= 0.6 is 11.3 Å². The zero-order valence-corrected chi connectivity index (χ0v) is 16.8. The van der Waals surface area contributed by atoms with Crippen LogP contribution in [0.5, 0.6) is 0 Å². The lowest BCUT2D eigenvalue weighted by molar-refractivity contribution is -0.118. The smallest absolute Gasteiger partial charge is 0.339 e. The average Bonchev–Trinajstić information content (AvgIpc) is 3.30. The van der Waals surface area contributed by atoms with Gasteiger partial charge in [0.1, 0.15) is 6.10 Å². The Bertz CT molecular complexity index is 1210. The molecule has 2 heterocycles. The van der Waals surface area contributed by atoms with Crippen LogP contribution in [0.15, 0.2) is 72.8 Å². The molecule has 30 heavy (non-hydrogen) atoms. The second-order valence-electron chi connectivity index (χ2n) is 7.18. The zero-order valence-electron chi connectivity index (χ0n) is 16.0. The first-order valence-corrected chi connectivity index (χ1v) is 10.5. The lowest BCUT2D eigenvalue weighted by Gasteiger charge is -2.11. The van der Waals surface area contributed by atoms with Crippen molar-refractivity contribution in [3.63, 3.8) is 0 Å². The van der Waals surface area contributed by atoms with Crippen LogP contribution in [0, 0.1) is 0 Å². The van der Waals surface area contributed by atoms with Gasteiger partial charge in [0, 0.05) is 17.7 Å². The number of benzene rings is 3. The average molecular weight is 414 g/mol.